The second kappa shape index (κ2) is 4.66. The highest BCUT2D eigenvalue weighted by molar-refractivity contribution is 5.36. The molecule has 102 valence electrons. The lowest BCUT2D eigenvalue weighted by atomic mass is 9.66. The predicted molar refractivity (Wildman–Crippen MR) is 72.8 cm³/mol. The van der Waals surface area contributed by atoms with Crippen LogP contribution in [0.2, 0.25) is 0 Å². The lowest BCUT2D eigenvalue weighted by Gasteiger charge is -2.47. The van der Waals surface area contributed by atoms with Crippen LogP contribution in [0.5, 0.6) is 5.75 Å². The highest BCUT2D eigenvalue weighted by atomic mass is 16.5. The Kier molecular flexibility index (Phi) is 3.11. The fourth-order valence-corrected chi connectivity index (χ4v) is 3.30. The van der Waals surface area contributed by atoms with Gasteiger partial charge in [-0.1, -0.05) is 29.8 Å². The van der Waals surface area contributed by atoms with E-state index in [2.05, 4.69) is 13.0 Å². The van der Waals surface area contributed by atoms with Crippen LogP contribution in [0.3, 0.4) is 0 Å². The van der Waals surface area contributed by atoms with Crippen molar-refractivity contribution in [2.24, 2.45) is 11.3 Å². The molecule has 1 aliphatic carbocycles. The number of ether oxygens (including phenoxy) is 1. The lowest BCUT2D eigenvalue weighted by molar-refractivity contribution is -0.114. The highest BCUT2D eigenvalue weighted by Gasteiger charge is 2.45. The molecule has 3 heteroatoms. The number of rotatable bonds is 2. The Morgan fingerprint density at radius 2 is 2.16 bits per heavy atom. The van der Waals surface area contributed by atoms with Crippen LogP contribution in [-0.2, 0) is 4.74 Å². The zero-order valence-electron chi connectivity index (χ0n) is 11.2. The number of allylic oxidation sites excluding steroid dienone is 1. The summed E-state index contributed by atoms with van der Waals surface area (Å²) >= 11 is 0. The van der Waals surface area contributed by atoms with Gasteiger partial charge in [0.05, 0.1) is 19.3 Å². The molecule has 1 aromatic rings. The summed E-state index contributed by atoms with van der Waals surface area (Å²) in [6, 6.07) is 7.37. The minimum atomic E-state index is -0.120. The normalized spacial score (nSPS) is 33.9. The summed E-state index contributed by atoms with van der Waals surface area (Å²) in [4.78, 5) is 0. The molecule has 2 aliphatic rings. The first-order chi connectivity index (χ1) is 9.15. The van der Waals surface area contributed by atoms with Crippen LogP contribution >= 0.6 is 0 Å². The summed E-state index contributed by atoms with van der Waals surface area (Å²) < 4.78 is 6.02. The first kappa shape index (κ1) is 12.7. The molecule has 0 saturated carbocycles. The molecule has 0 radical (unpaired) electrons. The van der Waals surface area contributed by atoms with Crippen LogP contribution in [0, 0.1) is 11.3 Å². The average Bonchev–Trinajstić information content (AvgIpc) is 2.45. The molecule has 3 atom stereocenters. The number of hydrogen-bond donors (Lipinski definition) is 2. The number of hydrogen-bond acceptors (Lipinski definition) is 3. The molecule has 0 unspecified atom stereocenters. The maximum atomic E-state index is 10.0. The van der Waals surface area contributed by atoms with Crippen molar-refractivity contribution in [3.63, 3.8) is 0 Å². The third-order valence-corrected chi connectivity index (χ3v) is 4.61. The van der Waals surface area contributed by atoms with Gasteiger partial charge in [-0.25, -0.2) is 0 Å². The summed E-state index contributed by atoms with van der Waals surface area (Å²) in [7, 11) is 0. The molecule has 1 heterocycles. The van der Waals surface area contributed by atoms with E-state index in [0.29, 0.717) is 12.4 Å². The number of para-hydroxylation sites is 1. The van der Waals surface area contributed by atoms with Crippen molar-refractivity contribution in [2.75, 3.05) is 13.2 Å². The van der Waals surface area contributed by atoms with Crippen LogP contribution in [0.15, 0.2) is 35.9 Å². The number of aliphatic hydroxyl groups is 1. The van der Waals surface area contributed by atoms with Crippen molar-refractivity contribution >= 4 is 0 Å². The van der Waals surface area contributed by atoms with Gasteiger partial charge in [0.1, 0.15) is 5.75 Å². The molecule has 0 amide bonds. The van der Waals surface area contributed by atoms with Gasteiger partial charge in [0.15, 0.2) is 0 Å². The van der Waals surface area contributed by atoms with Crippen molar-refractivity contribution in [3.05, 3.63) is 41.5 Å². The Hall–Kier alpha value is -1.32. The predicted octanol–water partition coefficient (Wildman–Crippen LogP) is 2.80. The summed E-state index contributed by atoms with van der Waals surface area (Å²) in [5, 5.41) is 19.7. The number of phenolic OH excluding ortho intramolecular Hbond substituents is 1. The van der Waals surface area contributed by atoms with E-state index in [0.717, 1.165) is 18.4 Å². The molecule has 1 aliphatic heterocycles. The van der Waals surface area contributed by atoms with Gasteiger partial charge in [-0.3, -0.25) is 0 Å². The zero-order chi connectivity index (χ0) is 13.5. The summed E-state index contributed by atoms with van der Waals surface area (Å²) in [6.07, 6.45) is 3.95. The van der Waals surface area contributed by atoms with Crippen LogP contribution in [0.4, 0.5) is 0 Å². The second-order valence-electron chi connectivity index (χ2n) is 5.91. The van der Waals surface area contributed by atoms with Crippen LogP contribution in [0.25, 0.3) is 0 Å². The number of aromatic hydroxyl groups is 1. The molecule has 0 aromatic heterocycles. The largest absolute Gasteiger partial charge is 0.508 e. The number of aliphatic hydroxyl groups excluding tert-OH is 1. The van der Waals surface area contributed by atoms with Gasteiger partial charge in [0.25, 0.3) is 0 Å². The number of benzene rings is 1. The molecule has 19 heavy (non-hydrogen) atoms. The molecule has 1 fully saturated rings. The van der Waals surface area contributed by atoms with Gasteiger partial charge >= 0.3 is 0 Å². The minimum absolute atomic E-state index is 0.0996. The number of fused-ring (bicyclic) bond motifs is 2. The lowest BCUT2D eigenvalue weighted by Crippen LogP contribution is -2.43. The first-order valence-electron chi connectivity index (χ1n) is 6.82. The SMILES string of the molecule is CC1=CC[C@@]2(CO)CO[C@H](c3ccccc3O)[C@H]1C2. The second-order valence-corrected chi connectivity index (χ2v) is 5.91. The summed E-state index contributed by atoms with van der Waals surface area (Å²) in [6.45, 7) is 2.84. The monoisotopic (exact) mass is 260 g/mol. The van der Waals surface area contributed by atoms with Crippen molar-refractivity contribution in [1.82, 2.24) is 0 Å². The molecule has 3 nitrogen and oxygen atoms in total. The van der Waals surface area contributed by atoms with E-state index in [1.165, 1.54) is 5.57 Å². The molecule has 3 rings (SSSR count). The molecular formula is C16H20O3. The fraction of sp³-hybridized carbons (Fsp3) is 0.500. The Balaban J connectivity index is 1.96. The van der Waals surface area contributed by atoms with Gasteiger partial charge in [0, 0.05) is 16.9 Å². The third kappa shape index (κ3) is 2.07. The molecule has 2 N–H and O–H groups in total. The van der Waals surface area contributed by atoms with E-state index in [-0.39, 0.29) is 24.0 Å². The van der Waals surface area contributed by atoms with Crippen molar-refractivity contribution in [2.45, 2.75) is 25.9 Å². The van der Waals surface area contributed by atoms with Crippen LogP contribution < -0.4 is 0 Å². The molecule has 1 aromatic carbocycles. The van der Waals surface area contributed by atoms with Gasteiger partial charge < -0.3 is 14.9 Å². The molecular weight excluding hydrogens is 240 g/mol. The number of phenols is 1. The first-order valence-corrected chi connectivity index (χ1v) is 6.82. The molecule has 0 spiro atoms. The molecule has 2 bridgehead atoms. The fourth-order valence-electron chi connectivity index (χ4n) is 3.30. The Morgan fingerprint density at radius 1 is 1.37 bits per heavy atom. The van der Waals surface area contributed by atoms with Crippen molar-refractivity contribution < 1.29 is 14.9 Å². The van der Waals surface area contributed by atoms with Crippen molar-refractivity contribution in [1.29, 1.82) is 0 Å². The van der Waals surface area contributed by atoms with E-state index < -0.39 is 0 Å². The quantitative estimate of drug-likeness (QED) is 0.804. The standard InChI is InChI=1S/C16H20O3/c1-11-6-7-16(9-17)8-13(11)15(19-10-16)12-4-2-3-5-14(12)18/h2-6,13,15,17-18H,7-10H2,1H3/t13-,15+,16+/m0/s1. The smallest absolute Gasteiger partial charge is 0.121 e. The average molecular weight is 260 g/mol. The van der Waals surface area contributed by atoms with E-state index in [1.807, 2.05) is 18.2 Å². The van der Waals surface area contributed by atoms with Crippen LogP contribution in [-0.4, -0.2) is 23.4 Å². The van der Waals surface area contributed by atoms with Gasteiger partial charge in [0.2, 0.25) is 0 Å². The highest BCUT2D eigenvalue weighted by Crippen LogP contribution is 2.51. The maximum Gasteiger partial charge on any atom is 0.121 e. The van der Waals surface area contributed by atoms with E-state index in [1.54, 1.807) is 6.07 Å². The summed E-state index contributed by atoms with van der Waals surface area (Å²) in [5.41, 5.74) is 2.04. The third-order valence-electron chi connectivity index (χ3n) is 4.61. The minimum Gasteiger partial charge on any atom is -0.508 e. The van der Waals surface area contributed by atoms with E-state index in [4.69, 9.17) is 4.74 Å². The topological polar surface area (TPSA) is 49.7 Å². The van der Waals surface area contributed by atoms with Gasteiger partial charge in [-0.2, -0.15) is 0 Å². The van der Waals surface area contributed by atoms with Crippen LogP contribution in [0.1, 0.15) is 31.4 Å². The Morgan fingerprint density at radius 3 is 2.89 bits per heavy atom. The van der Waals surface area contributed by atoms with Crippen molar-refractivity contribution in [3.8, 4) is 5.75 Å². The summed E-state index contributed by atoms with van der Waals surface area (Å²) in [5.74, 6) is 0.547. The Bertz CT molecular complexity index is 508. The van der Waals surface area contributed by atoms with E-state index >= 15 is 0 Å². The van der Waals surface area contributed by atoms with Gasteiger partial charge in [-0.05, 0) is 25.8 Å². The maximum absolute atomic E-state index is 10.0. The molecule has 1 saturated heterocycles. The Labute approximate surface area is 113 Å². The van der Waals surface area contributed by atoms with Gasteiger partial charge in [-0.15, -0.1) is 0 Å². The van der Waals surface area contributed by atoms with E-state index in [9.17, 15) is 10.2 Å². The zero-order valence-corrected chi connectivity index (χ0v) is 11.2.